The van der Waals surface area contributed by atoms with Crippen molar-refractivity contribution in [3.05, 3.63) is 29.3 Å². The van der Waals surface area contributed by atoms with Crippen LogP contribution in [0.3, 0.4) is 0 Å². The molecule has 0 radical (unpaired) electrons. The van der Waals surface area contributed by atoms with E-state index in [-0.39, 0.29) is 11.5 Å². The Morgan fingerprint density at radius 3 is 2.62 bits per heavy atom. The summed E-state index contributed by atoms with van der Waals surface area (Å²) in [7, 11) is 1.40. The molecule has 118 valence electrons. The average molecular weight is 293 g/mol. The molecule has 0 aliphatic rings. The lowest BCUT2D eigenvalue weighted by Gasteiger charge is -2.22. The van der Waals surface area contributed by atoms with Crippen LogP contribution in [0.15, 0.2) is 18.2 Å². The lowest BCUT2D eigenvalue weighted by atomic mass is 10.1. The lowest BCUT2D eigenvalue weighted by molar-refractivity contribution is -0.140. The number of benzene rings is 1. The molecule has 1 N–H and O–H groups in total. The fraction of sp³-hybridized carbons (Fsp3) is 0.588. The van der Waals surface area contributed by atoms with Crippen LogP contribution in [-0.2, 0) is 16.1 Å². The molecular formula is C17H27NO3. The molecule has 0 aliphatic heterocycles. The van der Waals surface area contributed by atoms with Crippen LogP contribution in [0.1, 0.15) is 44.7 Å². The second-order valence-corrected chi connectivity index (χ2v) is 6.24. The molecule has 4 heteroatoms. The van der Waals surface area contributed by atoms with Crippen molar-refractivity contribution in [1.82, 2.24) is 5.32 Å². The molecule has 0 spiro atoms. The largest absolute Gasteiger partial charge is 0.493 e. The van der Waals surface area contributed by atoms with E-state index in [4.69, 9.17) is 4.74 Å². The Bertz CT molecular complexity index is 464. The van der Waals surface area contributed by atoms with Gasteiger partial charge >= 0.3 is 5.97 Å². The minimum absolute atomic E-state index is 0.0614. The van der Waals surface area contributed by atoms with E-state index >= 15 is 0 Å². The number of aryl methyl sites for hydroxylation is 1. The summed E-state index contributed by atoms with van der Waals surface area (Å²) in [6.45, 7) is 9.76. The number of methoxy groups -OCH3 is 1. The van der Waals surface area contributed by atoms with Crippen LogP contribution >= 0.6 is 0 Å². The first-order valence-electron chi connectivity index (χ1n) is 7.36. The van der Waals surface area contributed by atoms with E-state index in [0.717, 1.165) is 17.9 Å². The number of ether oxygens (including phenoxy) is 2. The number of hydrogen-bond acceptors (Lipinski definition) is 4. The van der Waals surface area contributed by atoms with Crippen LogP contribution in [0.2, 0.25) is 0 Å². The third kappa shape index (κ3) is 7.14. The zero-order valence-electron chi connectivity index (χ0n) is 13.8. The van der Waals surface area contributed by atoms with Gasteiger partial charge in [0.05, 0.1) is 13.7 Å². The van der Waals surface area contributed by atoms with Gasteiger partial charge in [0.25, 0.3) is 0 Å². The number of hydrogen-bond donors (Lipinski definition) is 1. The van der Waals surface area contributed by atoms with E-state index in [1.165, 1.54) is 12.7 Å². The fourth-order valence-corrected chi connectivity index (χ4v) is 1.85. The molecular weight excluding hydrogens is 266 g/mol. The predicted octanol–water partition coefficient (Wildman–Crippen LogP) is 3.22. The van der Waals surface area contributed by atoms with Crippen LogP contribution in [0.4, 0.5) is 0 Å². The van der Waals surface area contributed by atoms with Gasteiger partial charge in [0.1, 0.15) is 5.75 Å². The summed E-state index contributed by atoms with van der Waals surface area (Å²) < 4.78 is 10.4. The lowest BCUT2D eigenvalue weighted by Crippen LogP contribution is -2.35. The molecule has 0 fully saturated rings. The van der Waals surface area contributed by atoms with Gasteiger partial charge < -0.3 is 14.8 Å². The third-order valence-electron chi connectivity index (χ3n) is 3.04. The summed E-state index contributed by atoms with van der Waals surface area (Å²) in [5.41, 5.74) is 2.41. The quantitative estimate of drug-likeness (QED) is 0.619. The summed E-state index contributed by atoms with van der Waals surface area (Å²) in [5, 5.41) is 3.47. The molecule has 1 aromatic carbocycles. The Morgan fingerprint density at radius 1 is 1.29 bits per heavy atom. The normalized spacial score (nSPS) is 11.3. The summed E-state index contributed by atoms with van der Waals surface area (Å²) in [6.07, 6.45) is 1.05. The average Bonchev–Trinajstić information content (AvgIpc) is 2.41. The Balaban J connectivity index is 2.58. The fourth-order valence-electron chi connectivity index (χ4n) is 1.85. The van der Waals surface area contributed by atoms with Crippen LogP contribution in [0, 0.1) is 6.92 Å². The maximum Gasteiger partial charge on any atom is 0.305 e. The Morgan fingerprint density at radius 2 is 2.00 bits per heavy atom. The second kappa shape index (κ2) is 8.03. The van der Waals surface area contributed by atoms with Crippen LogP contribution in [-0.4, -0.2) is 25.2 Å². The minimum atomic E-state index is -0.197. The van der Waals surface area contributed by atoms with E-state index in [2.05, 4.69) is 43.8 Å². The van der Waals surface area contributed by atoms with Gasteiger partial charge in [0.15, 0.2) is 0 Å². The van der Waals surface area contributed by atoms with Gasteiger partial charge in [-0.1, -0.05) is 17.7 Å². The SMILES string of the molecule is COC(=O)CCCOc1ccc(C)cc1CNC(C)(C)C. The molecule has 1 rings (SSSR count). The van der Waals surface area contributed by atoms with Crippen molar-refractivity contribution in [2.24, 2.45) is 0 Å². The standard InChI is InChI=1S/C17H27NO3/c1-13-8-9-15(21-10-6-7-16(19)20-5)14(11-13)12-18-17(2,3)4/h8-9,11,18H,6-7,10,12H2,1-5H3. The number of nitrogens with one attached hydrogen (secondary N) is 1. The first-order chi connectivity index (χ1) is 9.81. The Labute approximate surface area is 127 Å². The summed E-state index contributed by atoms with van der Waals surface area (Å²) in [6, 6.07) is 6.16. The molecule has 0 amide bonds. The molecule has 0 atom stereocenters. The zero-order chi connectivity index (χ0) is 15.9. The summed E-state index contributed by atoms with van der Waals surface area (Å²) in [5.74, 6) is 0.680. The molecule has 0 aromatic heterocycles. The van der Waals surface area contributed by atoms with Crippen molar-refractivity contribution >= 4 is 5.97 Å². The van der Waals surface area contributed by atoms with Crippen molar-refractivity contribution < 1.29 is 14.3 Å². The number of carbonyl (C=O) groups excluding carboxylic acids is 1. The molecule has 0 heterocycles. The first kappa shape index (κ1) is 17.5. The second-order valence-electron chi connectivity index (χ2n) is 6.24. The predicted molar refractivity (Wildman–Crippen MR) is 84.5 cm³/mol. The highest BCUT2D eigenvalue weighted by atomic mass is 16.5. The van der Waals surface area contributed by atoms with Crippen molar-refractivity contribution in [1.29, 1.82) is 0 Å². The molecule has 21 heavy (non-hydrogen) atoms. The van der Waals surface area contributed by atoms with E-state index in [1.54, 1.807) is 0 Å². The molecule has 0 bridgehead atoms. The number of esters is 1. The topological polar surface area (TPSA) is 47.6 Å². The van der Waals surface area contributed by atoms with Crippen LogP contribution in [0.5, 0.6) is 5.75 Å². The molecule has 0 saturated heterocycles. The highest BCUT2D eigenvalue weighted by molar-refractivity contribution is 5.69. The third-order valence-corrected chi connectivity index (χ3v) is 3.04. The van der Waals surface area contributed by atoms with Crippen molar-refractivity contribution in [3.63, 3.8) is 0 Å². The van der Waals surface area contributed by atoms with Gasteiger partial charge in [-0.3, -0.25) is 4.79 Å². The van der Waals surface area contributed by atoms with Gasteiger partial charge in [0.2, 0.25) is 0 Å². The van der Waals surface area contributed by atoms with E-state index in [0.29, 0.717) is 19.4 Å². The summed E-state index contributed by atoms with van der Waals surface area (Å²) >= 11 is 0. The highest BCUT2D eigenvalue weighted by Crippen LogP contribution is 2.21. The Hall–Kier alpha value is -1.55. The first-order valence-corrected chi connectivity index (χ1v) is 7.36. The zero-order valence-corrected chi connectivity index (χ0v) is 13.8. The van der Waals surface area contributed by atoms with Gasteiger partial charge in [-0.15, -0.1) is 0 Å². The molecule has 0 aliphatic carbocycles. The van der Waals surface area contributed by atoms with Gasteiger partial charge in [-0.05, 0) is 40.2 Å². The monoisotopic (exact) mass is 293 g/mol. The molecule has 0 unspecified atom stereocenters. The van der Waals surface area contributed by atoms with Crippen molar-refractivity contribution in [2.45, 2.75) is 52.6 Å². The number of carbonyl (C=O) groups is 1. The van der Waals surface area contributed by atoms with E-state index in [1.807, 2.05) is 12.1 Å². The Kier molecular flexibility index (Phi) is 6.69. The molecule has 4 nitrogen and oxygen atoms in total. The van der Waals surface area contributed by atoms with E-state index < -0.39 is 0 Å². The molecule has 1 aromatic rings. The van der Waals surface area contributed by atoms with Crippen molar-refractivity contribution in [3.8, 4) is 5.75 Å². The van der Waals surface area contributed by atoms with Crippen LogP contribution in [0.25, 0.3) is 0 Å². The van der Waals surface area contributed by atoms with Gasteiger partial charge in [0, 0.05) is 24.1 Å². The van der Waals surface area contributed by atoms with Crippen molar-refractivity contribution in [2.75, 3.05) is 13.7 Å². The summed E-state index contributed by atoms with van der Waals surface area (Å²) in [4.78, 5) is 11.1. The van der Waals surface area contributed by atoms with Crippen LogP contribution < -0.4 is 10.1 Å². The highest BCUT2D eigenvalue weighted by Gasteiger charge is 2.11. The van der Waals surface area contributed by atoms with Gasteiger partial charge in [-0.25, -0.2) is 0 Å². The minimum Gasteiger partial charge on any atom is -0.493 e. The maximum absolute atomic E-state index is 11.1. The van der Waals surface area contributed by atoms with E-state index in [9.17, 15) is 4.79 Å². The van der Waals surface area contributed by atoms with Gasteiger partial charge in [-0.2, -0.15) is 0 Å². The smallest absolute Gasteiger partial charge is 0.305 e. The number of rotatable bonds is 7. The molecule has 0 saturated carbocycles. The maximum atomic E-state index is 11.1.